The summed E-state index contributed by atoms with van der Waals surface area (Å²) in [6, 6.07) is 5.10. The molecular formula is C20H29FN4O2. The van der Waals surface area contributed by atoms with Crippen molar-refractivity contribution in [3.8, 4) is 0 Å². The van der Waals surface area contributed by atoms with Crippen molar-refractivity contribution < 1.29 is 13.9 Å². The number of benzene rings is 1. The number of hydrogen-bond acceptors (Lipinski definition) is 5. The van der Waals surface area contributed by atoms with Crippen molar-refractivity contribution in [1.29, 1.82) is 0 Å². The third-order valence-electron chi connectivity index (χ3n) is 4.84. The highest BCUT2D eigenvalue weighted by Crippen LogP contribution is 2.18. The number of carbonyl (C=O) groups excluding carboxylic acids is 1. The van der Waals surface area contributed by atoms with Gasteiger partial charge in [0, 0.05) is 26.2 Å². The van der Waals surface area contributed by atoms with Gasteiger partial charge >= 0.3 is 6.09 Å². The Morgan fingerprint density at radius 2 is 2.15 bits per heavy atom. The van der Waals surface area contributed by atoms with Crippen molar-refractivity contribution >= 4 is 12.1 Å². The van der Waals surface area contributed by atoms with Crippen LogP contribution in [0.5, 0.6) is 0 Å². The summed E-state index contributed by atoms with van der Waals surface area (Å²) >= 11 is 0. The maximum absolute atomic E-state index is 13.2. The van der Waals surface area contributed by atoms with Gasteiger partial charge in [-0.3, -0.25) is 4.99 Å². The van der Waals surface area contributed by atoms with Crippen LogP contribution >= 0.6 is 0 Å². The molecule has 0 saturated carbocycles. The molecule has 2 heterocycles. The van der Waals surface area contributed by atoms with Crippen LogP contribution < -0.4 is 5.32 Å². The van der Waals surface area contributed by atoms with Crippen molar-refractivity contribution in [2.45, 2.75) is 45.8 Å². The van der Waals surface area contributed by atoms with Gasteiger partial charge in [0.25, 0.3) is 0 Å². The number of guanidine groups is 1. The highest BCUT2D eigenvalue weighted by atomic mass is 19.1. The van der Waals surface area contributed by atoms with Crippen LogP contribution in [0.25, 0.3) is 0 Å². The van der Waals surface area contributed by atoms with E-state index in [1.54, 1.807) is 11.0 Å². The van der Waals surface area contributed by atoms with Gasteiger partial charge in [0.2, 0.25) is 0 Å². The molecule has 1 atom stereocenters. The molecule has 1 unspecified atom stereocenters. The Balaban J connectivity index is 1.48. The zero-order valence-corrected chi connectivity index (χ0v) is 16.6. The average Bonchev–Trinajstić information content (AvgIpc) is 2.97. The molecule has 1 N–H and O–H groups in total. The lowest BCUT2D eigenvalue weighted by molar-refractivity contribution is 0.0137. The summed E-state index contributed by atoms with van der Waals surface area (Å²) in [5.74, 6) is 0.693. The zero-order valence-electron chi connectivity index (χ0n) is 16.6. The summed E-state index contributed by atoms with van der Waals surface area (Å²) < 4.78 is 18.7. The quantitative estimate of drug-likeness (QED) is 0.881. The third kappa shape index (κ3) is 4.90. The average molecular weight is 376 g/mol. The standard InChI is InChI=1S/C20H29FN4O2/c1-14-11-16(21)6-5-15(14)7-8-22-18-23-12-17-13-24(9-10-25(17)18)19(26)27-20(2,3)4/h5-6,11,17H,7-10,12-13H2,1-4H3,(H,22,23). The first-order valence-electron chi connectivity index (χ1n) is 9.51. The van der Waals surface area contributed by atoms with Crippen LogP contribution in [0.3, 0.4) is 0 Å². The van der Waals surface area contributed by atoms with Crippen LogP contribution in [0.4, 0.5) is 9.18 Å². The molecule has 0 aromatic heterocycles. The number of aryl methyl sites for hydroxylation is 1. The van der Waals surface area contributed by atoms with Gasteiger partial charge in [0.15, 0.2) is 5.96 Å². The second kappa shape index (κ2) is 7.74. The van der Waals surface area contributed by atoms with E-state index >= 15 is 0 Å². The third-order valence-corrected chi connectivity index (χ3v) is 4.84. The summed E-state index contributed by atoms with van der Waals surface area (Å²) in [4.78, 5) is 20.9. The zero-order chi connectivity index (χ0) is 19.6. The second-order valence-corrected chi connectivity index (χ2v) is 8.19. The van der Waals surface area contributed by atoms with E-state index in [2.05, 4.69) is 15.2 Å². The van der Waals surface area contributed by atoms with Gasteiger partial charge in [-0.1, -0.05) is 6.07 Å². The van der Waals surface area contributed by atoms with Crippen molar-refractivity contribution in [2.24, 2.45) is 4.99 Å². The number of nitrogens with one attached hydrogen (secondary N) is 1. The van der Waals surface area contributed by atoms with E-state index in [9.17, 15) is 9.18 Å². The molecule has 2 aliphatic rings. The Morgan fingerprint density at radius 1 is 1.37 bits per heavy atom. The van der Waals surface area contributed by atoms with Gasteiger partial charge in [-0.25, -0.2) is 9.18 Å². The summed E-state index contributed by atoms with van der Waals surface area (Å²) in [7, 11) is 0. The Labute approximate surface area is 160 Å². The van der Waals surface area contributed by atoms with E-state index in [1.165, 1.54) is 6.07 Å². The molecule has 148 valence electrons. The number of piperazine rings is 1. The molecular weight excluding hydrogens is 347 g/mol. The number of amides is 1. The highest BCUT2D eigenvalue weighted by Gasteiger charge is 2.36. The first-order chi connectivity index (χ1) is 12.7. The molecule has 0 aliphatic carbocycles. The lowest BCUT2D eigenvalue weighted by Gasteiger charge is -2.39. The van der Waals surface area contributed by atoms with Gasteiger partial charge in [-0.15, -0.1) is 0 Å². The monoisotopic (exact) mass is 376 g/mol. The normalized spacial score (nSPS) is 19.6. The molecule has 1 amide bonds. The number of carbonyl (C=O) groups is 1. The van der Waals surface area contributed by atoms with E-state index in [0.29, 0.717) is 19.6 Å². The lowest BCUT2D eigenvalue weighted by atomic mass is 10.1. The van der Waals surface area contributed by atoms with E-state index in [4.69, 9.17) is 4.74 Å². The molecule has 1 aromatic rings. The minimum absolute atomic E-state index is 0.196. The van der Waals surface area contributed by atoms with Gasteiger partial charge < -0.3 is 19.9 Å². The summed E-state index contributed by atoms with van der Waals surface area (Å²) in [5.41, 5.74) is 1.62. The van der Waals surface area contributed by atoms with Crippen LogP contribution in [0, 0.1) is 12.7 Å². The summed E-state index contributed by atoms with van der Waals surface area (Å²) in [6.07, 6.45) is 0.559. The van der Waals surface area contributed by atoms with Crippen LogP contribution in [0.15, 0.2) is 23.2 Å². The molecule has 0 spiro atoms. The molecule has 27 heavy (non-hydrogen) atoms. The Hall–Kier alpha value is -2.31. The van der Waals surface area contributed by atoms with Gasteiger partial charge in [0.1, 0.15) is 11.4 Å². The van der Waals surface area contributed by atoms with Crippen molar-refractivity contribution in [1.82, 2.24) is 15.1 Å². The SMILES string of the molecule is Cc1cc(F)ccc1CCNC1=NCC2CN(C(=O)OC(C)(C)C)CCN12. The smallest absolute Gasteiger partial charge is 0.410 e. The van der Waals surface area contributed by atoms with E-state index < -0.39 is 5.60 Å². The first-order valence-corrected chi connectivity index (χ1v) is 9.51. The summed E-state index contributed by atoms with van der Waals surface area (Å²) in [6.45, 7) is 11.0. The Morgan fingerprint density at radius 3 is 2.85 bits per heavy atom. The number of fused-ring (bicyclic) bond motifs is 1. The predicted octanol–water partition coefficient (Wildman–Crippen LogP) is 2.56. The van der Waals surface area contributed by atoms with Gasteiger partial charge in [-0.05, 0) is 57.4 Å². The largest absolute Gasteiger partial charge is 0.444 e. The maximum atomic E-state index is 13.2. The van der Waals surface area contributed by atoms with E-state index in [1.807, 2.05) is 33.8 Å². The molecule has 0 bridgehead atoms. The number of rotatable bonds is 3. The topological polar surface area (TPSA) is 57.2 Å². The number of nitrogens with zero attached hydrogens (tertiary/aromatic N) is 3. The van der Waals surface area contributed by atoms with Crippen LogP contribution in [-0.4, -0.2) is 66.2 Å². The van der Waals surface area contributed by atoms with Crippen LogP contribution in [-0.2, 0) is 11.2 Å². The van der Waals surface area contributed by atoms with Gasteiger partial charge in [-0.2, -0.15) is 0 Å². The highest BCUT2D eigenvalue weighted by molar-refractivity contribution is 5.82. The second-order valence-electron chi connectivity index (χ2n) is 8.19. The predicted molar refractivity (Wildman–Crippen MR) is 103 cm³/mol. The molecule has 7 heteroatoms. The number of aliphatic imine (C=N–C) groups is 1. The first kappa shape index (κ1) is 19.5. The van der Waals surface area contributed by atoms with Crippen molar-refractivity contribution in [2.75, 3.05) is 32.7 Å². The molecule has 6 nitrogen and oxygen atoms in total. The molecule has 1 aromatic carbocycles. The molecule has 1 fully saturated rings. The molecule has 3 rings (SSSR count). The minimum atomic E-state index is -0.481. The fourth-order valence-electron chi connectivity index (χ4n) is 3.47. The van der Waals surface area contributed by atoms with Crippen LogP contribution in [0.1, 0.15) is 31.9 Å². The minimum Gasteiger partial charge on any atom is -0.444 e. The molecule has 0 radical (unpaired) electrons. The lowest BCUT2D eigenvalue weighted by Crippen LogP contribution is -2.57. The van der Waals surface area contributed by atoms with Crippen molar-refractivity contribution in [3.63, 3.8) is 0 Å². The maximum Gasteiger partial charge on any atom is 0.410 e. The fourth-order valence-corrected chi connectivity index (χ4v) is 3.47. The van der Waals surface area contributed by atoms with Gasteiger partial charge in [0.05, 0.1) is 12.6 Å². The van der Waals surface area contributed by atoms with E-state index in [-0.39, 0.29) is 18.0 Å². The fraction of sp³-hybridized carbons (Fsp3) is 0.600. The van der Waals surface area contributed by atoms with E-state index in [0.717, 1.165) is 36.6 Å². The Bertz CT molecular complexity index is 729. The molecule has 2 aliphatic heterocycles. The number of halogens is 1. The van der Waals surface area contributed by atoms with Crippen LogP contribution in [0.2, 0.25) is 0 Å². The Kier molecular flexibility index (Phi) is 5.58. The molecule has 1 saturated heterocycles. The number of ether oxygens (including phenoxy) is 1. The number of hydrogen-bond donors (Lipinski definition) is 1. The summed E-state index contributed by atoms with van der Waals surface area (Å²) in [5, 5.41) is 3.40. The van der Waals surface area contributed by atoms with Crippen molar-refractivity contribution in [3.05, 3.63) is 35.1 Å².